The van der Waals surface area contributed by atoms with Crippen molar-refractivity contribution in [1.29, 1.82) is 0 Å². The Kier molecular flexibility index (Phi) is 3.33. The molecule has 0 spiro atoms. The molecule has 1 aromatic rings. The van der Waals surface area contributed by atoms with Crippen LogP contribution >= 0.6 is 0 Å². The van der Waals surface area contributed by atoms with E-state index in [-0.39, 0.29) is 17.9 Å². The lowest BCUT2D eigenvalue weighted by molar-refractivity contribution is 0.167. The Labute approximate surface area is 101 Å². The van der Waals surface area contributed by atoms with Gasteiger partial charge in [-0.2, -0.15) is 0 Å². The van der Waals surface area contributed by atoms with Gasteiger partial charge in [-0.3, -0.25) is 0 Å². The van der Waals surface area contributed by atoms with Gasteiger partial charge in [-0.1, -0.05) is 35.8 Å². The molecule has 0 radical (unpaired) electrons. The molecule has 1 fully saturated rings. The molecular formula is C13H18N2O2. The summed E-state index contributed by atoms with van der Waals surface area (Å²) in [6.45, 7) is 0.224. The van der Waals surface area contributed by atoms with E-state index in [9.17, 15) is 0 Å². The number of hydrogen-bond acceptors (Lipinski definition) is 3. The van der Waals surface area contributed by atoms with E-state index in [0.717, 1.165) is 24.8 Å². The number of nitrogens with two attached hydrogens (primary N) is 1. The molecule has 0 aromatic heterocycles. The highest BCUT2D eigenvalue weighted by Crippen LogP contribution is 2.46. The van der Waals surface area contributed by atoms with Crippen LogP contribution in [0, 0.1) is 0 Å². The molecule has 2 rings (SSSR count). The summed E-state index contributed by atoms with van der Waals surface area (Å²) >= 11 is 0. The lowest BCUT2D eigenvalue weighted by atomic mass is 9.62. The molecule has 4 heteroatoms. The third kappa shape index (κ3) is 2.13. The molecule has 0 amide bonds. The molecule has 0 atom stereocenters. The van der Waals surface area contributed by atoms with Gasteiger partial charge < -0.3 is 16.0 Å². The number of aliphatic hydroxyl groups excluding tert-OH is 1. The van der Waals surface area contributed by atoms with Crippen LogP contribution in [0.5, 0.6) is 0 Å². The molecule has 0 aliphatic heterocycles. The van der Waals surface area contributed by atoms with Gasteiger partial charge in [-0.05, 0) is 30.2 Å². The Bertz CT molecular complexity index is 408. The van der Waals surface area contributed by atoms with Crippen LogP contribution in [0.25, 0.3) is 0 Å². The zero-order valence-corrected chi connectivity index (χ0v) is 9.76. The van der Waals surface area contributed by atoms with Gasteiger partial charge >= 0.3 is 0 Å². The molecule has 0 heterocycles. The van der Waals surface area contributed by atoms with Crippen molar-refractivity contribution in [3.05, 3.63) is 35.4 Å². The Balaban J connectivity index is 2.22. The first-order chi connectivity index (χ1) is 8.22. The Morgan fingerprint density at radius 2 is 1.94 bits per heavy atom. The van der Waals surface area contributed by atoms with E-state index in [1.807, 2.05) is 24.3 Å². The lowest BCUT2D eigenvalue weighted by Crippen LogP contribution is -2.35. The van der Waals surface area contributed by atoms with Crippen molar-refractivity contribution in [1.82, 2.24) is 0 Å². The van der Waals surface area contributed by atoms with E-state index < -0.39 is 0 Å². The van der Waals surface area contributed by atoms with Crippen molar-refractivity contribution in [3.63, 3.8) is 0 Å². The predicted octanol–water partition coefficient (Wildman–Crippen LogP) is 1.59. The molecule has 0 saturated heterocycles. The molecule has 0 bridgehead atoms. The maximum absolute atomic E-state index is 9.14. The molecule has 1 saturated carbocycles. The largest absolute Gasteiger partial charge is 0.409 e. The lowest BCUT2D eigenvalue weighted by Gasteiger charge is -2.42. The number of rotatable bonds is 4. The highest BCUT2D eigenvalue weighted by molar-refractivity contribution is 5.96. The highest BCUT2D eigenvalue weighted by Gasteiger charge is 2.37. The van der Waals surface area contributed by atoms with E-state index in [2.05, 4.69) is 5.16 Å². The summed E-state index contributed by atoms with van der Waals surface area (Å²) in [4.78, 5) is 0. The normalized spacial score (nSPS) is 18.8. The SMILES string of the molecule is N/C(=N\O)c1ccc(C2(CCO)CCC2)cc1. The minimum Gasteiger partial charge on any atom is -0.409 e. The topological polar surface area (TPSA) is 78.8 Å². The summed E-state index contributed by atoms with van der Waals surface area (Å²) in [5.74, 6) is 0.126. The van der Waals surface area contributed by atoms with Crippen LogP contribution in [0.2, 0.25) is 0 Å². The average molecular weight is 234 g/mol. The summed E-state index contributed by atoms with van der Waals surface area (Å²) in [5.41, 5.74) is 7.63. The van der Waals surface area contributed by atoms with Crippen LogP contribution in [0.1, 0.15) is 36.8 Å². The fourth-order valence-electron chi connectivity index (χ4n) is 2.55. The van der Waals surface area contributed by atoms with Crippen molar-refractivity contribution < 1.29 is 10.3 Å². The van der Waals surface area contributed by atoms with Crippen molar-refractivity contribution in [2.75, 3.05) is 6.61 Å². The summed E-state index contributed by atoms with van der Waals surface area (Å²) in [6, 6.07) is 7.76. The molecule has 17 heavy (non-hydrogen) atoms. The van der Waals surface area contributed by atoms with Gasteiger partial charge in [0.2, 0.25) is 0 Å². The van der Waals surface area contributed by atoms with E-state index in [1.54, 1.807) is 0 Å². The Hall–Kier alpha value is -1.55. The second-order valence-corrected chi connectivity index (χ2v) is 4.67. The first-order valence-corrected chi connectivity index (χ1v) is 5.91. The average Bonchev–Trinajstić information content (AvgIpc) is 2.33. The summed E-state index contributed by atoms with van der Waals surface area (Å²) < 4.78 is 0. The molecule has 4 nitrogen and oxygen atoms in total. The van der Waals surface area contributed by atoms with Crippen LogP contribution in [0.4, 0.5) is 0 Å². The van der Waals surface area contributed by atoms with Crippen LogP contribution < -0.4 is 5.73 Å². The summed E-state index contributed by atoms with van der Waals surface area (Å²) in [7, 11) is 0. The van der Waals surface area contributed by atoms with Crippen molar-refractivity contribution in [3.8, 4) is 0 Å². The minimum absolute atomic E-state index is 0.126. The Morgan fingerprint density at radius 1 is 1.29 bits per heavy atom. The third-order valence-corrected chi connectivity index (χ3v) is 3.80. The van der Waals surface area contributed by atoms with Crippen LogP contribution in [-0.2, 0) is 5.41 Å². The van der Waals surface area contributed by atoms with Gasteiger partial charge in [-0.15, -0.1) is 0 Å². The molecule has 4 N–H and O–H groups in total. The maximum Gasteiger partial charge on any atom is 0.170 e. The number of hydrogen-bond donors (Lipinski definition) is 3. The molecule has 1 aliphatic carbocycles. The summed E-state index contributed by atoms with van der Waals surface area (Å²) in [5, 5.41) is 20.7. The van der Waals surface area contributed by atoms with Crippen molar-refractivity contribution >= 4 is 5.84 Å². The van der Waals surface area contributed by atoms with E-state index in [4.69, 9.17) is 16.0 Å². The van der Waals surface area contributed by atoms with E-state index in [1.165, 1.54) is 12.0 Å². The number of oxime groups is 1. The predicted molar refractivity (Wildman–Crippen MR) is 66.2 cm³/mol. The molecular weight excluding hydrogens is 216 g/mol. The third-order valence-electron chi connectivity index (χ3n) is 3.80. The smallest absolute Gasteiger partial charge is 0.170 e. The van der Waals surface area contributed by atoms with Gasteiger partial charge in [0.15, 0.2) is 5.84 Å². The van der Waals surface area contributed by atoms with Gasteiger partial charge in [0.1, 0.15) is 0 Å². The number of amidine groups is 1. The zero-order valence-electron chi connectivity index (χ0n) is 9.76. The van der Waals surface area contributed by atoms with Crippen molar-refractivity contribution in [2.45, 2.75) is 31.1 Å². The van der Waals surface area contributed by atoms with Crippen LogP contribution in [-0.4, -0.2) is 22.8 Å². The highest BCUT2D eigenvalue weighted by atomic mass is 16.4. The van der Waals surface area contributed by atoms with Gasteiger partial charge in [-0.25, -0.2) is 0 Å². The molecule has 1 aliphatic rings. The van der Waals surface area contributed by atoms with Crippen LogP contribution in [0.3, 0.4) is 0 Å². The Morgan fingerprint density at radius 3 is 2.35 bits per heavy atom. The first kappa shape index (κ1) is 11.9. The van der Waals surface area contributed by atoms with Crippen LogP contribution in [0.15, 0.2) is 29.4 Å². The number of nitrogens with zero attached hydrogens (tertiary/aromatic N) is 1. The first-order valence-electron chi connectivity index (χ1n) is 5.91. The van der Waals surface area contributed by atoms with E-state index >= 15 is 0 Å². The molecule has 92 valence electrons. The fraction of sp³-hybridized carbons (Fsp3) is 0.462. The van der Waals surface area contributed by atoms with E-state index in [0.29, 0.717) is 0 Å². The fourth-order valence-corrected chi connectivity index (χ4v) is 2.55. The second-order valence-electron chi connectivity index (χ2n) is 4.67. The van der Waals surface area contributed by atoms with Gasteiger partial charge in [0.05, 0.1) is 0 Å². The quantitative estimate of drug-likeness (QED) is 0.320. The van der Waals surface area contributed by atoms with Gasteiger partial charge in [0.25, 0.3) is 0 Å². The monoisotopic (exact) mass is 234 g/mol. The van der Waals surface area contributed by atoms with Crippen molar-refractivity contribution in [2.24, 2.45) is 10.9 Å². The number of benzene rings is 1. The number of aliphatic hydroxyl groups is 1. The summed E-state index contributed by atoms with van der Waals surface area (Å²) in [6.07, 6.45) is 4.31. The standard InChI is InChI=1S/C13H18N2O2/c14-12(15-17)10-2-4-11(5-3-10)13(8-9-16)6-1-7-13/h2-5,16-17H,1,6-9H2,(H2,14,15). The second kappa shape index (κ2) is 4.75. The maximum atomic E-state index is 9.14. The molecule has 1 aromatic carbocycles. The zero-order chi connectivity index (χ0) is 12.3. The minimum atomic E-state index is 0.126. The van der Waals surface area contributed by atoms with Gasteiger partial charge in [0, 0.05) is 12.2 Å². The molecule has 0 unspecified atom stereocenters.